The van der Waals surface area contributed by atoms with Gasteiger partial charge in [0.15, 0.2) is 0 Å². The van der Waals surface area contributed by atoms with E-state index in [9.17, 15) is 8.60 Å². The van der Waals surface area contributed by atoms with Gasteiger partial charge < -0.3 is 4.57 Å². The van der Waals surface area contributed by atoms with E-state index in [-0.39, 0.29) is 17.2 Å². The number of halogens is 3. The van der Waals surface area contributed by atoms with Crippen molar-refractivity contribution in [3.63, 3.8) is 0 Å². The van der Waals surface area contributed by atoms with Gasteiger partial charge in [0.1, 0.15) is 11.6 Å². The number of benzene rings is 1. The van der Waals surface area contributed by atoms with E-state index >= 15 is 0 Å². The topological polar surface area (TPSA) is 34.9 Å². The number of hydrogen-bond donors (Lipinski definition) is 0. The van der Waals surface area contributed by atoms with Gasteiger partial charge in [0, 0.05) is 34.4 Å². The molecule has 1 unspecified atom stereocenters. The molecular weight excluding hydrogens is 379 g/mol. The Hall–Kier alpha value is -0.460. The van der Waals surface area contributed by atoms with Crippen LogP contribution in [-0.4, -0.2) is 25.3 Å². The summed E-state index contributed by atoms with van der Waals surface area (Å²) in [6, 6.07) is 3.37. The average Bonchev–Trinajstić information content (AvgIpc) is 2.79. The molecule has 114 valence electrons. The Morgan fingerprint density at radius 1 is 1.48 bits per heavy atom. The maximum atomic E-state index is 13.9. The summed E-state index contributed by atoms with van der Waals surface area (Å²) in [4.78, 5) is 4.57. The zero-order valence-corrected chi connectivity index (χ0v) is 14.6. The number of aromatic nitrogens is 2. The first-order valence-corrected chi connectivity index (χ1v) is 9.55. The van der Waals surface area contributed by atoms with Gasteiger partial charge in [0.05, 0.1) is 20.9 Å². The van der Waals surface area contributed by atoms with Crippen LogP contribution >= 0.6 is 27.5 Å². The van der Waals surface area contributed by atoms with Gasteiger partial charge in [-0.15, -0.1) is 11.6 Å². The van der Waals surface area contributed by atoms with Crippen LogP contribution in [0, 0.1) is 5.82 Å². The van der Waals surface area contributed by atoms with Crippen LogP contribution in [-0.2, 0) is 10.8 Å². The maximum absolute atomic E-state index is 13.9. The molecule has 1 aromatic carbocycles. The lowest BCUT2D eigenvalue weighted by atomic mass is 10.1. The molecule has 1 atom stereocenters. The zero-order valence-electron chi connectivity index (χ0n) is 11.5. The highest BCUT2D eigenvalue weighted by Crippen LogP contribution is 2.34. The zero-order chi connectivity index (χ0) is 15.1. The summed E-state index contributed by atoms with van der Waals surface area (Å²) in [7, 11) is -0.730. The van der Waals surface area contributed by atoms with Crippen LogP contribution in [0.25, 0.3) is 11.0 Å². The lowest BCUT2D eigenvalue weighted by molar-refractivity contribution is 0.457. The third-order valence-corrected chi connectivity index (χ3v) is 6.02. The minimum atomic E-state index is -0.730. The Balaban J connectivity index is 2.16. The van der Waals surface area contributed by atoms with Crippen LogP contribution in [0.4, 0.5) is 4.39 Å². The standard InChI is InChI=1S/C14H15BrClFN2OS/c1-8(16)14-18-12-6-10(15)11(17)7-13(12)19(14)9-2-4-21(20)5-3-9/h6-9H,2-5H2,1H3. The molecule has 2 aromatic rings. The monoisotopic (exact) mass is 392 g/mol. The van der Waals surface area contributed by atoms with Crippen molar-refractivity contribution in [2.75, 3.05) is 11.5 Å². The van der Waals surface area contributed by atoms with Gasteiger partial charge in [-0.2, -0.15) is 0 Å². The van der Waals surface area contributed by atoms with E-state index in [2.05, 4.69) is 20.9 Å². The predicted octanol–water partition coefficient (Wildman–Crippen LogP) is 4.32. The molecule has 0 saturated carbocycles. The van der Waals surface area contributed by atoms with Crippen LogP contribution in [0.1, 0.15) is 37.0 Å². The van der Waals surface area contributed by atoms with Gasteiger partial charge in [0.2, 0.25) is 0 Å². The lowest BCUT2D eigenvalue weighted by Crippen LogP contribution is -2.23. The molecule has 3 rings (SSSR count). The number of nitrogens with zero attached hydrogens (tertiary/aromatic N) is 2. The fourth-order valence-electron chi connectivity index (χ4n) is 2.81. The van der Waals surface area contributed by atoms with Gasteiger partial charge in [0.25, 0.3) is 0 Å². The Morgan fingerprint density at radius 3 is 2.76 bits per heavy atom. The van der Waals surface area contributed by atoms with Crippen LogP contribution in [0.2, 0.25) is 0 Å². The summed E-state index contributed by atoms with van der Waals surface area (Å²) in [5.74, 6) is 1.80. The first-order valence-electron chi connectivity index (χ1n) is 6.83. The van der Waals surface area contributed by atoms with E-state index in [0.717, 1.165) is 29.7 Å². The van der Waals surface area contributed by atoms with Gasteiger partial charge in [-0.05, 0) is 41.8 Å². The van der Waals surface area contributed by atoms with E-state index in [1.54, 1.807) is 6.07 Å². The molecule has 1 fully saturated rings. The molecule has 0 amide bonds. The summed E-state index contributed by atoms with van der Waals surface area (Å²) in [6.45, 7) is 1.87. The summed E-state index contributed by atoms with van der Waals surface area (Å²) >= 11 is 9.45. The highest BCUT2D eigenvalue weighted by molar-refractivity contribution is 9.10. The third kappa shape index (κ3) is 2.90. The average molecular weight is 394 g/mol. The second-order valence-corrected chi connectivity index (χ2v) is 8.50. The van der Waals surface area contributed by atoms with Crippen molar-refractivity contribution in [1.29, 1.82) is 0 Å². The minimum Gasteiger partial charge on any atom is -0.323 e. The number of rotatable bonds is 2. The SMILES string of the molecule is CC(Cl)c1nc2cc(Br)c(F)cc2n1C1CCS(=O)CC1. The molecule has 2 heterocycles. The fourth-order valence-corrected chi connectivity index (χ4v) is 4.57. The summed E-state index contributed by atoms with van der Waals surface area (Å²) < 4.78 is 27.9. The highest BCUT2D eigenvalue weighted by Gasteiger charge is 2.26. The second-order valence-electron chi connectivity index (χ2n) is 5.29. The normalized spacial score (nSPS) is 24.4. The quantitative estimate of drug-likeness (QED) is 0.712. The van der Waals surface area contributed by atoms with Crippen molar-refractivity contribution in [3.05, 3.63) is 28.2 Å². The van der Waals surface area contributed by atoms with Crippen molar-refractivity contribution < 1.29 is 8.60 Å². The molecule has 7 heteroatoms. The molecule has 1 aliphatic rings. The van der Waals surface area contributed by atoms with E-state index in [0.29, 0.717) is 16.0 Å². The van der Waals surface area contributed by atoms with E-state index < -0.39 is 10.8 Å². The van der Waals surface area contributed by atoms with Crippen LogP contribution in [0.5, 0.6) is 0 Å². The Morgan fingerprint density at radius 2 is 2.14 bits per heavy atom. The van der Waals surface area contributed by atoms with Crippen LogP contribution in [0.3, 0.4) is 0 Å². The minimum absolute atomic E-state index is 0.185. The molecule has 1 aromatic heterocycles. The predicted molar refractivity (Wildman–Crippen MR) is 87.8 cm³/mol. The molecule has 1 aliphatic heterocycles. The number of alkyl halides is 1. The highest BCUT2D eigenvalue weighted by atomic mass is 79.9. The maximum Gasteiger partial charge on any atom is 0.139 e. The van der Waals surface area contributed by atoms with E-state index in [1.165, 1.54) is 6.07 Å². The van der Waals surface area contributed by atoms with Crippen LogP contribution in [0.15, 0.2) is 16.6 Å². The van der Waals surface area contributed by atoms with Crippen LogP contribution < -0.4 is 0 Å². The smallest absolute Gasteiger partial charge is 0.139 e. The van der Waals surface area contributed by atoms with Crippen molar-refractivity contribution in [2.24, 2.45) is 0 Å². The second kappa shape index (κ2) is 5.97. The van der Waals surface area contributed by atoms with Gasteiger partial charge in [-0.1, -0.05) is 0 Å². The summed E-state index contributed by atoms with van der Waals surface area (Å²) in [6.07, 6.45) is 1.62. The lowest BCUT2D eigenvalue weighted by Gasteiger charge is -2.25. The number of imidazole rings is 1. The Kier molecular flexibility index (Phi) is 4.39. The van der Waals surface area contributed by atoms with Crippen molar-refractivity contribution in [2.45, 2.75) is 31.2 Å². The molecule has 0 spiro atoms. The van der Waals surface area contributed by atoms with Crippen molar-refractivity contribution >= 4 is 49.4 Å². The third-order valence-electron chi connectivity index (χ3n) is 3.84. The fraction of sp³-hybridized carbons (Fsp3) is 0.500. The molecule has 0 radical (unpaired) electrons. The molecule has 0 aliphatic carbocycles. The molecule has 0 N–H and O–H groups in total. The van der Waals surface area contributed by atoms with E-state index in [4.69, 9.17) is 11.6 Å². The van der Waals surface area contributed by atoms with Crippen molar-refractivity contribution in [1.82, 2.24) is 9.55 Å². The first kappa shape index (κ1) is 15.4. The largest absolute Gasteiger partial charge is 0.323 e. The molecular formula is C14H15BrClFN2OS. The Labute approximate surface area is 138 Å². The van der Waals surface area contributed by atoms with E-state index in [1.807, 2.05) is 11.5 Å². The first-order chi connectivity index (χ1) is 9.97. The van der Waals surface area contributed by atoms with Gasteiger partial charge in [-0.25, -0.2) is 9.37 Å². The molecule has 1 saturated heterocycles. The molecule has 0 bridgehead atoms. The summed E-state index contributed by atoms with van der Waals surface area (Å²) in [5.41, 5.74) is 1.49. The van der Waals surface area contributed by atoms with Crippen molar-refractivity contribution in [3.8, 4) is 0 Å². The summed E-state index contributed by atoms with van der Waals surface area (Å²) in [5, 5.41) is -0.258. The van der Waals surface area contributed by atoms with Gasteiger partial charge in [-0.3, -0.25) is 4.21 Å². The van der Waals surface area contributed by atoms with Gasteiger partial charge >= 0.3 is 0 Å². The molecule has 21 heavy (non-hydrogen) atoms. The number of fused-ring (bicyclic) bond motifs is 1. The number of hydrogen-bond acceptors (Lipinski definition) is 2. The molecule has 3 nitrogen and oxygen atoms in total. The Bertz CT molecular complexity index is 709.